The van der Waals surface area contributed by atoms with Gasteiger partial charge in [-0.1, -0.05) is 29.3 Å². The van der Waals surface area contributed by atoms with Crippen LogP contribution in [0.25, 0.3) is 0 Å². The molecule has 0 aliphatic carbocycles. The minimum Gasteiger partial charge on any atom is -0.468 e. The minimum absolute atomic E-state index is 0.281. The van der Waals surface area contributed by atoms with E-state index in [2.05, 4.69) is 4.90 Å². The van der Waals surface area contributed by atoms with Crippen LogP contribution in [0.1, 0.15) is 31.7 Å². The van der Waals surface area contributed by atoms with E-state index in [1.165, 1.54) is 7.11 Å². The Morgan fingerprint density at radius 2 is 1.96 bits per heavy atom. The van der Waals surface area contributed by atoms with Crippen molar-refractivity contribution >= 4 is 40.2 Å². The molecule has 2 unspecified atom stereocenters. The van der Waals surface area contributed by atoms with E-state index in [9.17, 15) is 9.00 Å². The van der Waals surface area contributed by atoms with Crippen molar-refractivity contribution in [3.8, 4) is 0 Å². The van der Waals surface area contributed by atoms with Gasteiger partial charge in [-0.05, 0) is 63.5 Å². The zero-order chi connectivity index (χ0) is 20.2. The maximum atomic E-state index is 12.6. The highest BCUT2D eigenvalue weighted by Gasteiger charge is 2.37. The summed E-state index contributed by atoms with van der Waals surface area (Å²) >= 11 is 12.2. The van der Waals surface area contributed by atoms with E-state index in [-0.39, 0.29) is 5.97 Å². The summed E-state index contributed by atoms with van der Waals surface area (Å²) in [5, 5.41) is 0.896. The average Bonchev–Trinajstić information content (AvgIpc) is 2.67. The van der Waals surface area contributed by atoms with Crippen molar-refractivity contribution in [2.24, 2.45) is 0 Å². The summed E-state index contributed by atoms with van der Waals surface area (Å²) in [5.74, 6) is -0.281. The molecule has 2 atom stereocenters. The van der Waals surface area contributed by atoms with E-state index in [1.807, 2.05) is 24.3 Å². The highest BCUT2D eigenvalue weighted by molar-refractivity contribution is 7.81. The quantitative estimate of drug-likeness (QED) is 0.616. The van der Waals surface area contributed by atoms with Gasteiger partial charge in [-0.3, -0.25) is 4.79 Å². The summed E-state index contributed by atoms with van der Waals surface area (Å²) in [6.07, 6.45) is 4.28. The molecule has 1 saturated heterocycles. The van der Waals surface area contributed by atoms with E-state index in [4.69, 9.17) is 27.9 Å². The second-order valence-electron chi connectivity index (χ2n) is 7.25. The zero-order valence-electron chi connectivity index (χ0n) is 16.3. The molecule has 0 spiro atoms. The number of esters is 1. The Morgan fingerprint density at radius 3 is 2.48 bits per heavy atom. The van der Waals surface area contributed by atoms with Crippen LogP contribution < -0.4 is 0 Å². The Balaban J connectivity index is 2.04. The van der Waals surface area contributed by atoms with E-state index in [0.717, 1.165) is 38.0 Å². The molecule has 1 aliphatic heterocycles. The van der Waals surface area contributed by atoms with Crippen molar-refractivity contribution in [2.45, 2.75) is 37.6 Å². The molecule has 1 aromatic rings. The van der Waals surface area contributed by atoms with Crippen LogP contribution in [0, 0.1) is 0 Å². The summed E-state index contributed by atoms with van der Waals surface area (Å²) in [6, 6.07) is 5.64. The third-order valence-corrected chi connectivity index (χ3v) is 7.45. The number of rotatable bonds is 7. The number of hydrogen-bond acceptors (Lipinski definition) is 4. The zero-order valence-corrected chi connectivity index (χ0v) is 18.7. The number of halogens is 2. The number of piperidine rings is 1. The smallest absolute Gasteiger partial charge is 0.316 e. The van der Waals surface area contributed by atoms with Gasteiger partial charge in [0, 0.05) is 19.3 Å². The highest BCUT2D eigenvalue weighted by atomic mass is 35.5. The summed E-state index contributed by atoms with van der Waals surface area (Å²) in [5.41, 5.74) is 0.0152. The number of nitrogens with zero attached hydrogens (tertiary/aromatic N) is 2. The lowest BCUT2D eigenvalue weighted by molar-refractivity contribution is -0.147. The SMILES string of the molecule is COC(=O)C(C)(CCN1CCC(N(C)S(C)=O)CC1)c1ccc(Cl)c(Cl)c1. The number of benzene rings is 1. The number of ether oxygens (including phenoxy) is 1. The second-order valence-corrected chi connectivity index (χ2v) is 9.48. The molecular weight excluding hydrogens is 407 g/mol. The van der Waals surface area contributed by atoms with Crippen LogP contribution in [0.3, 0.4) is 0 Å². The molecule has 0 amide bonds. The molecule has 2 rings (SSSR count). The number of carbonyl (C=O) groups excluding carboxylic acids is 1. The molecule has 0 bridgehead atoms. The van der Waals surface area contributed by atoms with Crippen LogP contribution in [0.2, 0.25) is 10.0 Å². The summed E-state index contributed by atoms with van der Waals surface area (Å²) < 4.78 is 18.7. The van der Waals surface area contributed by atoms with Crippen molar-refractivity contribution in [3.63, 3.8) is 0 Å². The van der Waals surface area contributed by atoms with Gasteiger partial charge in [0.25, 0.3) is 0 Å². The van der Waals surface area contributed by atoms with Crippen LogP contribution in [0.15, 0.2) is 18.2 Å². The van der Waals surface area contributed by atoms with Gasteiger partial charge < -0.3 is 9.64 Å². The van der Waals surface area contributed by atoms with Gasteiger partial charge in [0.15, 0.2) is 0 Å². The standard InChI is InChI=1S/C19H28Cl2N2O3S/c1-19(18(24)26-3,14-5-6-16(20)17(21)13-14)9-12-23-10-7-15(8-11-23)22(2)27(4)25/h5-6,13,15H,7-12H2,1-4H3. The molecule has 8 heteroatoms. The van der Waals surface area contributed by atoms with Crippen molar-refractivity contribution < 1.29 is 13.7 Å². The van der Waals surface area contributed by atoms with E-state index < -0.39 is 16.4 Å². The first-order chi connectivity index (χ1) is 12.7. The number of methoxy groups -OCH3 is 1. The summed E-state index contributed by atoms with van der Waals surface area (Å²) in [7, 11) is 2.38. The fourth-order valence-corrected chi connectivity index (χ4v) is 4.46. The molecule has 27 heavy (non-hydrogen) atoms. The lowest BCUT2D eigenvalue weighted by Crippen LogP contribution is -2.45. The first-order valence-corrected chi connectivity index (χ1v) is 11.3. The van der Waals surface area contributed by atoms with Crippen LogP contribution in [0.5, 0.6) is 0 Å². The predicted molar refractivity (Wildman–Crippen MR) is 112 cm³/mol. The van der Waals surface area contributed by atoms with Crippen LogP contribution in [-0.2, 0) is 25.9 Å². The molecule has 0 radical (unpaired) electrons. The molecule has 1 aromatic carbocycles. The largest absolute Gasteiger partial charge is 0.468 e. The lowest BCUT2D eigenvalue weighted by atomic mass is 9.79. The van der Waals surface area contributed by atoms with E-state index >= 15 is 0 Å². The Kier molecular flexibility index (Phi) is 8.13. The van der Waals surface area contributed by atoms with Crippen molar-refractivity contribution in [1.82, 2.24) is 9.21 Å². The lowest BCUT2D eigenvalue weighted by Gasteiger charge is -2.37. The summed E-state index contributed by atoms with van der Waals surface area (Å²) in [6.45, 7) is 4.51. The Bertz CT molecular complexity index is 696. The molecule has 0 N–H and O–H groups in total. The van der Waals surface area contributed by atoms with Gasteiger partial charge in [0.05, 0.1) is 33.6 Å². The normalized spacial score (nSPS) is 19.7. The van der Waals surface area contributed by atoms with Gasteiger partial charge in [-0.25, -0.2) is 8.51 Å². The van der Waals surface area contributed by atoms with E-state index in [1.54, 1.807) is 18.4 Å². The molecule has 1 heterocycles. The molecule has 1 fully saturated rings. The first-order valence-electron chi connectivity index (χ1n) is 9.01. The molecule has 152 valence electrons. The van der Waals surface area contributed by atoms with Crippen LogP contribution >= 0.6 is 23.2 Å². The molecule has 0 saturated carbocycles. The molecular formula is C19H28Cl2N2O3S. The minimum atomic E-state index is -0.943. The number of likely N-dealkylation sites (tertiary alicyclic amines) is 1. The maximum absolute atomic E-state index is 12.6. The van der Waals surface area contributed by atoms with Crippen LogP contribution in [0.4, 0.5) is 0 Å². The molecule has 5 nitrogen and oxygen atoms in total. The van der Waals surface area contributed by atoms with Crippen molar-refractivity contribution in [1.29, 1.82) is 0 Å². The van der Waals surface area contributed by atoms with Gasteiger partial charge in [-0.2, -0.15) is 0 Å². The van der Waals surface area contributed by atoms with Crippen molar-refractivity contribution in [2.75, 3.05) is 40.0 Å². The monoisotopic (exact) mass is 434 g/mol. The average molecular weight is 435 g/mol. The fourth-order valence-electron chi connectivity index (χ4n) is 3.53. The fraction of sp³-hybridized carbons (Fsp3) is 0.632. The number of hydrogen-bond donors (Lipinski definition) is 0. The molecule has 0 aromatic heterocycles. The maximum Gasteiger partial charge on any atom is 0.316 e. The molecule has 1 aliphatic rings. The van der Waals surface area contributed by atoms with Crippen molar-refractivity contribution in [3.05, 3.63) is 33.8 Å². The number of carbonyl (C=O) groups is 1. The highest BCUT2D eigenvalue weighted by Crippen LogP contribution is 2.34. The Labute approximate surface area is 174 Å². The topological polar surface area (TPSA) is 49.9 Å². The van der Waals surface area contributed by atoms with Gasteiger partial charge in [0.1, 0.15) is 0 Å². The van der Waals surface area contributed by atoms with Gasteiger partial charge in [0.2, 0.25) is 0 Å². The van der Waals surface area contributed by atoms with Gasteiger partial charge >= 0.3 is 5.97 Å². The Hall–Kier alpha value is -0.660. The third-order valence-electron chi connectivity index (χ3n) is 5.60. The Morgan fingerprint density at radius 1 is 1.33 bits per heavy atom. The van der Waals surface area contributed by atoms with Gasteiger partial charge in [-0.15, -0.1) is 0 Å². The summed E-state index contributed by atoms with van der Waals surface area (Å²) in [4.78, 5) is 14.9. The second kappa shape index (κ2) is 9.70. The van der Waals surface area contributed by atoms with E-state index in [0.29, 0.717) is 22.5 Å². The predicted octanol–water partition coefficient (Wildman–Crippen LogP) is 3.50. The first kappa shape index (κ1) is 22.6. The third kappa shape index (κ3) is 5.45. The van der Waals surface area contributed by atoms with Crippen LogP contribution in [-0.4, -0.2) is 65.5 Å².